The van der Waals surface area contributed by atoms with Gasteiger partial charge in [-0.15, -0.1) is 0 Å². The van der Waals surface area contributed by atoms with Crippen LogP contribution in [0.5, 0.6) is 0 Å². The Morgan fingerprint density at radius 1 is 1.33 bits per heavy atom. The zero-order valence-corrected chi connectivity index (χ0v) is 10.9. The number of nitrogens with one attached hydrogen (secondary N) is 1. The minimum Gasteiger partial charge on any atom is -0.420 e. The van der Waals surface area contributed by atoms with Crippen molar-refractivity contribution in [1.82, 2.24) is 9.38 Å². The fourth-order valence-corrected chi connectivity index (χ4v) is 2.13. The number of hydrogen-bond donors (Lipinski definition) is 2. The van der Waals surface area contributed by atoms with Crippen molar-refractivity contribution in [2.45, 2.75) is 6.92 Å². The molecule has 0 radical (unpaired) electrons. The molecule has 0 atom stereocenters. The summed E-state index contributed by atoms with van der Waals surface area (Å²) in [5.41, 5.74) is 5.87. The van der Waals surface area contributed by atoms with E-state index < -0.39 is 11.5 Å². The van der Waals surface area contributed by atoms with Crippen LogP contribution in [0.15, 0.2) is 33.6 Å². The molecule has 0 fully saturated rings. The molecule has 0 spiro atoms. The van der Waals surface area contributed by atoms with Crippen LogP contribution in [0.4, 0.5) is 5.69 Å². The number of hydrogen-bond acceptors (Lipinski definition) is 5. The van der Waals surface area contributed by atoms with Gasteiger partial charge in [-0.3, -0.25) is 14.0 Å². The molecule has 8 nitrogen and oxygen atoms in total. The van der Waals surface area contributed by atoms with Crippen LogP contribution in [-0.4, -0.2) is 21.2 Å². The summed E-state index contributed by atoms with van der Waals surface area (Å²) in [5, 5.41) is 2.61. The minimum atomic E-state index is -0.771. The Balaban J connectivity index is 2.42. The number of aromatic nitrogens is 2. The van der Waals surface area contributed by atoms with E-state index in [0.29, 0.717) is 11.2 Å². The SMILES string of the molecule is CC(=O)Nc1ccc2oc(=O)c3cnc(C(N)=O)n3c2c1. The number of carbonyl (C=O) groups excluding carboxylic acids is 2. The summed E-state index contributed by atoms with van der Waals surface area (Å²) in [6, 6.07) is 4.67. The van der Waals surface area contributed by atoms with E-state index in [1.54, 1.807) is 12.1 Å². The van der Waals surface area contributed by atoms with E-state index in [2.05, 4.69) is 10.3 Å². The Labute approximate surface area is 117 Å². The maximum absolute atomic E-state index is 11.8. The number of rotatable bonds is 2. The van der Waals surface area contributed by atoms with Crippen molar-refractivity contribution in [3.8, 4) is 0 Å². The molecular weight excluding hydrogens is 276 g/mol. The van der Waals surface area contributed by atoms with E-state index in [4.69, 9.17) is 10.2 Å². The molecule has 2 aromatic heterocycles. The van der Waals surface area contributed by atoms with Gasteiger partial charge in [0.05, 0.1) is 11.7 Å². The van der Waals surface area contributed by atoms with Gasteiger partial charge in [-0.1, -0.05) is 0 Å². The van der Waals surface area contributed by atoms with Gasteiger partial charge in [-0.05, 0) is 18.2 Å². The molecule has 2 amide bonds. The Morgan fingerprint density at radius 3 is 2.76 bits per heavy atom. The van der Waals surface area contributed by atoms with E-state index in [-0.39, 0.29) is 22.8 Å². The second-order valence-corrected chi connectivity index (χ2v) is 4.42. The van der Waals surface area contributed by atoms with Crippen LogP contribution in [0.25, 0.3) is 16.6 Å². The van der Waals surface area contributed by atoms with Crippen LogP contribution in [0.3, 0.4) is 0 Å². The molecule has 0 unspecified atom stereocenters. The summed E-state index contributed by atoms with van der Waals surface area (Å²) in [4.78, 5) is 38.2. The Hall–Kier alpha value is -3.16. The van der Waals surface area contributed by atoms with Crippen molar-refractivity contribution in [3.63, 3.8) is 0 Å². The number of nitrogens with zero attached hydrogens (tertiary/aromatic N) is 2. The number of amides is 2. The Bertz CT molecular complexity index is 954. The van der Waals surface area contributed by atoms with Gasteiger partial charge in [-0.25, -0.2) is 9.78 Å². The van der Waals surface area contributed by atoms with E-state index in [1.807, 2.05) is 0 Å². The topological polar surface area (TPSA) is 120 Å². The molecule has 0 saturated carbocycles. The summed E-state index contributed by atoms with van der Waals surface area (Å²) >= 11 is 0. The molecule has 106 valence electrons. The average molecular weight is 286 g/mol. The standard InChI is InChI=1S/C13H10N4O4/c1-6(18)16-7-2-3-10-8(4-7)17-9(13(20)21-10)5-15-12(17)11(14)19/h2-5H,1H3,(H2,14,19)(H,16,18). The monoisotopic (exact) mass is 286 g/mol. The zero-order chi connectivity index (χ0) is 15.1. The number of benzene rings is 1. The second kappa shape index (κ2) is 4.44. The van der Waals surface area contributed by atoms with Gasteiger partial charge < -0.3 is 15.5 Å². The number of carbonyl (C=O) groups is 2. The van der Waals surface area contributed by atoms with Crippen LogP contribution in [-0.2, 0) is 4.79 Å². The lowest BCUT2D eigenvalue weighted by Crippen LogP contribution is -2.17. The third-order valence-electron chi connectivity index (χ3n) is 2.91. The number of fused-ring (bicyclic) bond motifs is 3. The van der Waals surface area contributed by atoms with Crippen LogP contribution in [0, 0.1) is 0 Å². The second-order valence-electron chi connectivity index (χ2n) is 4.42. The molecule has 1 aromatic carbocycles. The lowest BCUT2D eigenvalue weighted by molar-refractivity contribution is -0.114. The first-order chi connectivity index (χ1) is 9.97. The number of anilines is 1. The summed E-state index contributed by atoms with van der Waals surface area (Å²) < 4.78 is 6.46. The predicted octanol–water partition coefficient (Wildman–Crippen LogP) is 0.498. The Kier molecular flexibility index (Phi) is 2.72. The van der Waals surface area contributed by atoms with Crippen molar-refractivity contribution in [3.05, 3.63) is 40.6 Å². The fraction of sp³-hybridized carbons (Fsp3) is 0.0769. The third-order valence-corrected chi connectivity index (χ3v) is 2.91. The highest BCUT2D eigenvalue weighted by Gasteiger charge is 2.16. The van der Waals surface area contributed by atoms with Gasteiger partial charge in [0, 0.05) is 12.6 Å². The van der Waals surface area contributed by atoms with E-state index in [9.17, 15) is 14.4 Å². The summed E-state index contributed by atoms with van der Waals surface area (Å²) in [5.74, 6) is -1.10. The minimum absolute atomic E-state index is 0.0807. The highest BCUT2D eigenvalue weighted by atomic mass is 16.4. The molecule has 0 aliphatic carbocycles. The highest BCUT2D eigenvalue weighted by molar-refractivity contribution is 5.94. The Morgan fingerprint density at radius 2 is 2.10 bits per heavy atom. The molecule has 21 heavy (non-hydrogen) atoms. The quantitative estimate of drug-likeness (QED) is 0.710. The molecular formula is C13H10N4O4. The molecule has 8 heteroatoms. The van der Waals surface area contributed by atoms with Gasteiger partial charge in [0.15, 0.2) is 11.1 Å². The predicted molar refractivity (Wildman–Crippen MR) is 74.1 cm³/mol. The first-order valence-electron chi connectivity index (χ1n) is 5.99. The summed E-state index contributed by atoms with van der Waals surface area (Å²) in [6.45, 7) is 1.37. The normalized spacial score (nSPS) is 10.9. The molecule has 0 bridgehead atoms. The van der Waals surface area contributed by atoms with Gasteiger partial charge in [0.25, 0.3) is 5.91 Å². The van der Waals surface area contributed by atoms with Gasteiger partial charge >= 0.3 is 5.63 Å². The van der Waals surface area contributed by atoms with E-state index in [1.165, 1.54) is 23.6 Å². The largest absolute Gasteiger partial charge is 0.420 e. The number of primary amides is 1. The van der Waals surface area contributed by atoms with E-state index >= 15 is 0 Å². The smallest absolute Gasteiger partial charge is 0.362 e. The molecule has 0 saturated heterocycles. The zero-order valence-electron chi connectivity index (χ0n) is 10.9. The summed E-state index contributed by atoms with van der Waals surface area (Å²) in [7, 11) is 0. The maximum atomic E-state index is 11.8. The van der Waals surface area contributed by atoms with Crippen LogP contribution >= 0.6 is 0 Å². The first kappa shape index (κ1) is 12.9. The molecule has 2 heterocycles. The number of nitrogens with two attached hydrogens (primary N) is 1. The maximum Gasteiger partial charge on any atom is 0.362 e. The first-order valence-corrected chi connectivity index (χ1v) is 5.99. The van der Waals surface area contributed by atoms with Crippen molar-refractivity contribution >= 4 is 34.1 Å². The fourth-order valence-electron chi connectivity index (χ4n) is 2.13. The van der Waals surface area contributed by atoms with Gasteiger partial charge in [0.1, 0.15) is 0 Å². The van der Waals surface area contributed by atoms with Crippen LogP contribution in [0.1, 0.15) is 17.5 Å². The van der Waals surface area contributed by atoms with Crippen molar-refractivity contribution in [1.29, 1.82) is 0 Å². The lowest BCUT2D eigenvalue weighted by atomic mass is 10.2. The van der Waals surface area contributed by atoms with Gasteiger partial charge in [-0.2, -0.15) is 0 Å². The highest BCUT2D eigenvalue weighted by Crippen LogP contribution is 2.20. The van der Waals surface area contributed by atoms with Crippen molar-refractivity contribution in [2.75, 3.05) is 5.32 Å². The van der Waals surface area contributed by atoms with Crippen molar-refractivity contribution < 1.29 is 14.0 Å². The molecule has 3 aromatic rings. The average Bonchev–Trinajstić information content (AvgIpc) is 2.84. The van der Waals surface area contributed by atoms with Crippen molar-refractivity contribution in [2.24, 2.45) is 5.73 Å². The van der Waals surface area contributed by atoms with Crippen LogP contribution < -0.4 is 16.7 Å². The number of imidazole rings is 1. The molecule has 3 rings (SSSR count). The third kappa shape index (κ3) is 2.02. The van der Waals surface area contributed by atoms with E-state index in [0.717, 1.165) is 0 Å². The summed E-state index contributed by atoms with van der Waals surface area (Å²) in [6.07, 6.45) is 1.22. The molecule has 0 aliphatic rings. The lowest BCUT2D eigenvalue weighted by Gasteiger charge is -2.06. The van der Waals surface area contributed by atoms with Gasteiger partial charge in [0.2, 0.25) is 11.7 Å². The van der Waals surface area contributed by atoms with Crippen LogP contribution in [0.2, 0.25) is 0 Å². The molecule has 0 aliphatic heterocycles. The molecule has 3 N–H and O–H groups in total.